The Hall–Kier alpha value is -3.03. The number of likely N-dealkylation sites (tertiary alicyclic amines) is 2. The predicted octanol–water partition coefficient (Wildman–Crippen LogP) is 5.23. The molecule has 1 amide bonds. The van der Waals surface area contributed by atoms with E-state index in [9.17, 15) is 9.90 Å². The number of aliphatic hydroxyl groups is 1. The molecule has 0 unspecified atom stereocenters. The van der Waals surface area contributed by atoms with Gasteiger partial charge in [-0.15, -0.1) is 11.3 Å². The summed E-state index contributed by atoms with van der Waals surface area (Å²) >= 11 is 1.59. The fourth-order valence-electron chi connectivity index (χ4n) is 7.79. The summed E-state index contributed by atoms with van der Waals surface area (Å²) in [5.41, 5.74) is 11.0. The molecule has 0 spiro atoms. The second kappa shape index (κ2) is 15.9. The topological polar surface area (TPSA) is 130 Å². The minimum Gasteiger partial charge on any atom is -0.491 e. The van der Waals surface area contributed by atoms with E-state index in [1.54, 1.807) is 16.2 Å². The number of anilines is 1. The van der Waals surface area contributed by atoms with Crippen molar-refractivity contribution in [2.45, 2.75) is 90.0 Å². The number of piperidine rings is 2. The van der Waals surface area contributed by atoms with Gasteiger partial charge in [0.2, 0.25) is 5.91 Å². The van der Waals surface area contributed by atoms with Crippen LogP contribution in [0.2, 0.25) is 0 Å². The molecular weight excluding hydrogens is 641 g/mol. The Balaban J connectivity index is 1.09. The Morgan fingerprint density at radius 2 is 1.88 bits per heavy atom. The molecular formula is C37H54N6O5S. The van der Waals surface area contributed by atoms with Gasteiger partial charge in [0.25, 0.3) is 0 Å². The maximum Gasteiger partial charge on any atom is 0.234 e. The largest absolute Gasteiger partial charge is 0.491 e. The molecule has 6 rings (SSSR count). The number of rotatable bonds is 12. The Labute approximate surface area is 294 Å². The van der Waals surface area contributed by atoms with Crippen molar-refractivity contribution in [2.24, 2.45) is 17.6 Å². The van der Waals surface area contributed by atoms with Gasteiger partial charge in [-0.05, 0) is 69.4 Å². The number of hydrogen-bond donors (Lipinski definition) is 2. The third-order valence-corrected chi connectivity index (χ3v) is 11.7. The number of carbonyl (C=O) groups is 1. The zero-order valence-corrected chi connectivity index (χ0v) is 30.5. The average Bonchev–Trinajstić information content (AvgIpc) is 3.84. The summed E-state index contributed by atoms with van der Waals surface area (Å²) in [6.07, 6.45) is 4.69. The van der Waals surface area contributed by atoms with Crippen molar-refractivity contribution in [3.05, 3.63) is 46.8 Å². The van der Waals surface area contributed by atoms with E-state index >= 15 is 0 Å². The number of methoxy groups -OCH3 is 1. The van der Waals surface area contributed by atoms with E-state index in [2.05, 4.69) is 26.0 Å². The first kappa shape index (κ1) is 35.8. The monoisotopic (exact) mass is 694 g/mol. The maximum absolute atomic E-state index is 14.3. The molecule has 5 heterocycles. The number of hydrogen-bond acceptors (Lipinski definition) is 11. The first-order valence-corrected chi connectivity index (χ1v) is 18.9. The lowest BCUT2D eigenvalue weighted by molar-refractivity contribution is -0.136. The number of amides is 1. The highest BCUT2D eigenvalue weighted by atomic mass is 32.1. The van der Waals surface area contributed by atoms with Crippen LogP contribution in [0.25, 0.3) is 10.4 Å². The molecule has 3 aromatic rings. The molecule has 3 aliphatic rings. The lowest BCUT2D eigenvalue weighted by atomic mass is 9.91. The lowest BCUT2D eigenvalue weighted by Crippen LogP contribution is -2.43. The van der Waals surface area contributed by atoms with Crippen LogP contribution in [-0.2, 0) is 9.53 Å². The van der Waals surface area contributed by atoms with Crippen LogP contribution >= 0.6 is 11.3 Å². The van der Waals surface area contributed by atoms with E-state index < -0.39 is 12.0 Å². The van der Waals surface area contributed by atoms with Crippen LogP contribution in [0.15, 0.2) is 34.3 Å². The van der Waals surface area contributed by atoms with Crippen LogP contribution in [0.5, 0.6) is 5.75 Å². The van der Waals surface area contributed by atoms with Gasteiger partial charge in [-0.3, -0.25) is 4.79 Å². The van der Waals surface area contributed by atoms with E-state index in [4.69, 9.17) is 19.7 Å². The van der Waals surface area contributed by atoms with Gasteiger partial charge in [0.15, 0.2) is 11.6 Å². The Morgan fingerprint density at radius 1 is 1.12 bits per heavy atom. The standard InChI is InChI=1S/C37H54N6O5S/c1-23(2)35(33-18-34(40-48-33)42-14-8-26(9-15-42)19-41-12-10-30(46-5)11-13-41)37(45)43-20-29(44)17-28(43)21-47-32-16-27(6-7-31(32)24(3)38)36-25(4)39-22-49-36/h6-7,16,18,22-24,26,28-30,35,44H,8-15,17,19-21,38H2,1-5H3/t24-,28-,29+,35+/m0/s1. The summed E-state index contributed by atoms with van der Waals surface area (Å²) in [7, 11) is 1.82. The zero-order valence-electron chi connectivity index (χ0n) is 29.7. The molecule has 4 atom stereocenters. The molecule has 3 N–H and O–H groups in total. The number of thiazole rings is 1. The van der Waals surface area contributed by atoms with Crippen LogP contribution in [0.3, 0.4) is 0 Å². The number of nitrogens with two attached hydrogens (primary N) is 1. The molecule has 3 fully saturated rings. The second-order valence-corrected chi connectivity index (χ2v) is 15.5. The van der Waals surface area contributed by atoms with Gasteiger partial charge in [0.05, 0.1) is 34.3 Å². The first-order chi connectivity index (χ1) is 23.6. The zero-order chi connectivity index (χ0) is 34.7. The molecule has 0 bridgehead atoms. The third kappa shape index (κ3) is 8.31. The van der Waals surface area contributed by atoms with E-state index in [1.807, 2.05) is 58.5 Å². The number of nitrogens with zero attached hydrogens (tertiary/aromatic N) is 5. The van der Waals surface area contributed by atoms with Crippen molar-refractivity contribution in [2.75, 3.05) is 57.9 Å². The normalized spacial score (nSPS) is 22.6. The fraction of sp³-hybridized carbons (Fsp3) is 0.649. The van der Waals surface area contributed by atoms with Gasteiger partial charge in [-0.1, -0.05) is 31.1 Å². The quantitative estimate of drug-likeness (QED) is 0.260. The predicted molar refractivity (Wildman–Crippen MR) is 192 cm³/mol. The Kier molecular flexibility index (Phi) is 11.6. The minimum absolute atomic E-state index is 0.0235. The van der Waals surface area contributed by atoms with Crippen molar-refractivity contribution in [3.63, 3.8) is 0 Å². The summed E-state index contributed by atoms with van der Waals surface area (Å²) in [5, 5.41) is 15.2. The highest BCUT2D eigenvalue weighted by Gasteiger charge is 2.41. The van der Waals surface area contributed by atoms with E-state index in [0.29, 0.717) is 30.0 Å². The molecule has 0 radical (unpaired) electrons. The molecule has 3 aliphatic heterocycles. The smallest absolute Gasteiger partial charge is 0.234 e. The van der Waals surface area contributed by atoms with E-state index in [1.165, 1.54) is 0 Å². The van der Waals surface area contributed by atoms with Crippen LogP contribution in [0, 0.1) is 18.8 Å². The summed E-state index contributed by atoms with van der Waals surface area (Å²) in [6, 6.07) is 7.51. The third-order valence-electron chi connectivity index (χ3n) is 10.7. The number of aliphatic hydroxyl groups excluding tert-OH is 1. The van der Waals surface area contributed by atoms with Crippen LogP contribution in [-0.4, -0.2) is 102 Å². The van der Waals surface area contributed by atoms with Gasteiger partial charge in [-0.2, -0.15) is 0 Å². The number of aromatic nitrogens is 2. The molecule has 1 aromatic carbocycles. The van der Waals surface area contributed by atoms with Gasteiger partial charge in [-0.25, -0.2) is 4.98 Å². The average molecular weight is 695 g/mol. The second-order valence-electron chi connectivity index (χ2n) is 14.6. The van der Waals surface area contributed by atoms with Crippen LogP contribution in [0.1, 0.15) is 81.9 Å². The van der Waals surface area contributed by atoms with E-state index in [-0.39, 0.29) is 37.1 Å². The minimum atomic E-state index is -0.623. The summed E-state index contributed by atoms with van der Waals surface area (Å²) in [6.45, 7) is 13.7. The number of benzene rings is 1. The molecule has 3 saturated heterocycles. The fourth-order valence-corrected chi connectivity index (χ4v) is 8.59. The summed E-state index contributed by atoms with van der Waals surface area (Å²) < 4.78 is 17.9. The van der Waals surface area contributed by atoms with Crippen molar-refractivity contribution in [1.29, 1.82) is 0 Å². The molecule has 0 saturated carbocycles. The Morgan fingerprint density at radius 3 is 2.53 bits per heavy atom. The van der Waals surface area contributed by atoms with Crippen molar-refractivity contribution in [1.82, 2.24) is 19.9 Å². The van der Waals surface area contributed by atoms with E-state index in [0.717, 1.165) is 85.9 Å². The molecule has 49 heavy (non-hydrogen) atoms. The molecule has 2 aromatic heterocycles. The van der Waals surface area contributed by atoms with Crippen molar-refractivity contribution in [3.8, 4) is 16.2 Å². The molecule has 11 nitrogen and oxygen atoms in total. The summed E-state index contributed by atoms with van der Waals surface area (Å²) in [4.78, 5) is 26.4. The molecule has 0 aliphatic carbocycles. The lowest BCUT2D eigenvalue weighted by Gasteiger charge is -2.37. The van der Waals surface area contributed by atoms with Gasteiger partial charge < -0.3 is 39.5 Å². The number of aryl methyl sites for hydroxylation is 1. The van der Waals surface area contributed by atoms with Gasteiger partial charge >= 0.3 is 0 Å². The maximum atomic E-state index is 14.3. The number of β-amino-alcohol motifs (C(OH)–C–C–N with tert-alkyl or cyclic N) is 1. The van der Waals surface area contributed by atoms with Crippen LogP contribution < -0.4 is 15.4 Å². The highest BCUT2D eigenvalue weighted by molar-refractivity contribution is 7.13. The molecule has 268 valence electrons. The van der Waals surface area contributed by atoms with Crippen LogP contribution in [0.4, 0.5) is 5.82 Å². The van der Waals surface area contributed by atoms with Gasteiger partial charge in [0, 0.05) is 64.0 Å². The Bertz CT molecular complexity index is 1530. The van der Waals surface area contributed by atoms with Crippen molar-refractivity contribution >= 4 is 23.1 Å². The highest BCUT2D eigenvalue weighted by Crippen LogP contribution is 2.36. The first-order valence-electron chi connectivity index (χ1n) is 18.0. The summed E-state index contributed by atoms with van der Waals surface area (Å²) in [5.74, 6) is 2.13. The molecule has 12 heteroatoms. The van der Waals surface area contributed by atoms with Gasteiger partial charge in [0.1, 0.15) is 18.3 Å². The number of carbonyl (C=O) groups excluding carboxylic acids is 1. The SMILES string of the molecule is COC1CCN(CC2CCN(c3cc([C@H](C(=O)N4C[C@H](O)C[C@H]4COc4cc(-c5scnc5C)ccc4[C@H](C)N)C(C)C)on3)CC2)CC1. The number of ether oxygens (including phenoxy) is 2. The van der Waals surface area contributed by atoms with Crippen molar-refractivity contribution < 1.29 is 23.9 Å².